The Hall–Kier alpha value is -2.70. The second-order valence-electron chi connectivity index (χ2n) is 18.4. The van der Waals surface area contributed by atoms with E-state index in [1.165, 1.54) is 154 Å². The number of rotatable bonds is 48. The van der Waals surface area contributed by atoms with Crippen molar-refractivity contribution < 1.29 is 24.5 Å². The van der Waals surface area contributed by atoms with Crippen LogP contribution in [-0.2, 0) is 14.3 Å². The fraction of sp³-hybridized carbons (Fsp3) is 0.759. The first kappa shape index (κ1) is 61.3. The summed E-state index contributed by atoms with van der Waals surface area (Å²) in [6.07, 6.45) is 65.4. The number of nitrogens with one attached hydrogen (secondary N) is 1. The molecule has 3 N–H and O–H groups in total. The van der Waals surface area contributed by atoms with Gasteiger partial charge in [-0.25, -0.2) is 0 Å². The van der Waals surface area contributed by atoms with Gasteiger partial charge < -0.3 is 20.3 Å². The Balaban J connectivity index is 4.66. The largest absolute Gasteiger partial charge is 0.462 e. The molecular weight excluding hydrogens is 791 g/mol. The first-order valence-corrected chi connectivity index (χ1v) is 27.2. The van der Waals surface area contributed by atoms with Gasteiger partial charge in [0.15, 0.2) is 0 Å². The predicted octanol–water partition coefficient (Wildman–Crippen LogP) is 16.6. The Kier molecular flexibility index (Phi) is 49.1. The molecule has 0 saturated heterocycles. The second kappa shape index (κ2) is 51.3. The zero-order chi connectivity index (χ0) is 46.7. The maximum Gasteiger partial charge on any atom is 0.306 e. The molecule has 1 amide bonds. The average molecular weight is 894 g/mol. The molecule has 0 aromatic heterocycles. The minimum Gasteiger partial charge on any atom is -0.462 e. The van der Waals surface area contributed by atoms with Gasteiger partial charge in [0.1, 0.15) is 6.10 Å². The number of unbranched alkanes of at least 4 members (excludes halogenated alkanes) is 29. The summed E-state index contributed by atoms with van der Waals surface area (Å²) in [5.41, 5.74) is 0. The van der Waals surface area contributed by atoms with E-state index in [0.29, 0.717) is 19.3 Å². The van der Waals surface area contributed by atoms with Crippen LogP contribution in [0.3, 0.4) is 0 Å². The van der Waals surface area contributed by atoms with E-state index in [1.807, 2.05) is 60.8 Å². The van der Waals surface area contributed by atoms with Gasteiger partial charge in [-0.15, -0.1) is 0 Å². The quantitative estimate of drug-likeness (QED) is 0.0321. The number of aliphatic hydroxyl groups excluding tert-OH is 2. The molecule has 6 heteroatoms. The summed E-state index contributed by atoms with van der Waals surface area (Å²) in [6, 6.07) is -0.727. The fourth-order valence-electron chi connectivity index (χ4n) is 8.12. The number of hydrogen-bond donors (Lipinski definition) is 3. The van der Waals surface area contributed by atoms with Gasteiger partial charge in [-0.05, 0) is 38.5 Å². The van der Waals surface area contributed by atoms with Crippen molar-refractivity contribution in [3.63, 3.8) is 0 Å². The third-order valence-corrected chi connectivity index (χ3v) is 12.2. The number of carbonyl (C=O) groups excluding carboxylic acids is 2. The zero-order valence-corrected chi connectivity index (χ0v) is 42.1. The number of ether oxygens (including phenoxy) is 1. The minimum absolute atomic E-state index is 0.0265. The molecule has 6 nitrogen and oxygen atoms in total. The average Bonchev–Trinajstić information content (AvgIpc) is 3.29. The van der Waals surface area contributed by atoms with Crippen LogP contribution in [0.15, 0.2) is 72.9 Å². The highest BCUT2D eigenvalue weighted by Gasteiger charge is 2.24. The number of aliphatic hydroxyl groups is 2. The first-order chi connectivity index (χ1) is 31.5. The van der Waals surface area contributed by atoms with Gasteiger partial charge in [0.25, 0.3) is 0 Å². The Bertz CT molecular complexity index is 1190. The van der Waals surface area contributed by atoms with Crippen LogP contribution in [0, 0.1) is 0 Å². The van der Waals surface area contributed by atoms with Gasteiger partial charge in [0.05, 0.1) is 25.2 Å². The molecule has 0 fully saturated rings. The normalized spacial score (nSPS) is 13.8. The van der Waals surface area contributed by atoms with Crippen molar-refractivity contribution in [1.29, 1.82) is 0 Å². The summed E-state index contributed by atoms with van der Waals surface area (Å²) in [7, 11) is 0. The van der Waals surface area contributed by atoms with E-state index in [1.54, 1.807) is 0 Å². The van der Waals surface area contributed by atoms with E-state index in [0.717, 1.165) is 57.8 Å². The molecule has 3 unspecified atom stereocenters. The van der Waals surface area contributed by atoms with Crippen LogP contribution in [0.5, 0.6) is 0 Å². The van der Waals surface area contributed by atoms with E-state index >= 15 is 0 Å². The number of carbonyl (C=O) groups is 2. The SMILES string of the molecule is CC\C=C/C=C/C=C/C=C\C=C\C=C\CCCC(CC(=O)NC(CO)C(O)CCCCCCCCCCCCCC)OC(=O)CCCCCCCCCCCCCCCCCCCC. The molecule has 0 spiro atoms. The highest BCUT2D eigenvalue weighted by atomic mass is 16.5. The Labute approximate surface area is 396 Å². The fourth-order valence-corrected chi connectivity index (χ4v) is 8.12. The Morgan fingerprint density at radius 2 is 0.844 bits per heavy atom. The molecule has 0 bridgehead atoms. The van der Waals surface area contributed by atoms with Crippen molar-refractivity contribution in [3.8, 4) is 0 Å². The van der Waals surface area contributed by atoms with E-state index in [4.69, 9.17) is 4.74 Å². The van der Waals surface area contributed by atoms with Crippen LogP contribution < -0.4 is 5.32 Å². The van der Waals surface area contributed by atoms with Crippen LogP contribution in [0.25, 0.3) is 0 Å². The smallest absolute Gasteiger partial charge is 0.306 e. The lowest BCUT2D eigenvalue weighted by Gasteiger charge is -2.24. The molecule has 370 valence electrons. The number of hydrogen-bond acceptors (Lipinski definition) is 5. The van der Waals surface area contributed by atoms with Crippen molar-refractivity contribution in [1.82, 2.24) is 5.32 Å². The van der Waals surface area contributed by atoms with E-state index in [2.05, 4.69) is 38.2 Å². The highest BCUT2D eigenvalue weighted by Crippen LogP contribution is 2.18. The maximum atomic E-state index is 13.2. The number of esters is 1. The van der Waals surface area contributed by atoms with Gasteiger partial charge in [0, 0.05) is 6.42 Å². The molecular formula is C58H103NO5. The predicted molar refractivity (Wildman–Crippen MR) is 278 cm³/mol. The zero-order valence-electron chi connectivity index (χ0n) is 42.1. The van der Waals surface area contributed by atoms with Gasteiger partial charge in [0.2, 0.25) is 5.91 Å². The van der Waals surface area contributed by atoms with E-state index < -0.39 is 18.2 Å². The molecule has 3 atom stereocenters. The Morgan fingerprint density at radius 3 is 1.25 bits per heavy atom. The molecule has 0 aromatic rings. The third-order valence-electron chi connectivity index (χ3n) is 12.2. The topological polar surface area (TPSA) is 95.9 Å². The minimum atomic E-state index is -0.809. The summed E-state index contributed by atoms with van der Waals surface area (Å²) in [4.78, 5) is 26.2. The van der Waals surface area contributed by atoms with Crippen LogP contribution in [-0.4, -0.2) is 46.9 Å². The molecule has 0 aliphatic rings. The van der Waals surface area contributed by atoms with Crippen molar-refractivity contribution in [2.75, 3.05) is 6.61 Å². The number of amides is 1. The van der Waals surface area contributed by atoms with Gasteiger partial charge in [-0.1, -0.05) is 280 Å². The van der Waals surface area contributed by atoms with Crippen LogP contribution in [0.1, 0.15) is 258 Å². The Morgan fingerprint density at radius 1 is 0.469 bits per heavy atom. The summed E-state index contributed by atoms with van der Waals surface area (Å²) in [5, 5.41) is 23.8. The van der Waals surface area contributed by atoms with Crippen molar-refractivity contribution in [3.05, 3.63) is 72.9 Å². The second-order valence-corrected chi connectivity index (χ2v) is 18.4. The molecule has 64 heavy (non-hydrogen) atoms. The van der Waals surface area contributed by atoms with Crippen molar-refractivity contribution in [2.24, 2.45) is 0 Å². The molecule has 0 heterocycles. The summed E-state index contributed by atoms with van der Waals surface area (Å²) >= 11 is 0. The molecule has 0 radical (unpaired) electrons. The standard InChI is InChI=1S/C58H103NO5/c1-4-7-10-13-16-19-22-25-27-28-29-31-33-36-39-42-45-48-51-58(63)64-54(49-46-43-40-37-34-32-30-26-23-20-17-14-11-8-5-2)52-57(62)59-55(53-60)56(61)50-47-44-41-38-35-24-21-18-15-12-9-6-3/h8,11,14,17,20,23,26,30,32,34,37,40,54-56,60-61H,4-7,9-10,12-13,15-16,18-19,21-22,24-25,27-29,31,33,35-36,38-39,41-53H2,1-3H3,(H,59,62)/b11-8-,17-14+,23-20+,30-26-,34-32+,40-37+. The van der Waals surface area contributed by atoms with Gasteiger partial charge >= 0.3 is 5.97 Å². The van der Waals surface area contributed by atoms with Crippen LogP contribution in [0.2, 0.25) is 0 Å². The first-order valence-electron chi connectivity index (χ1n) is 27.2. The maximum absolute atomic E-state index is 13.2. The molecule has 0 saturated carbocycles. The van der Waals surface area contributed by atoms with Gasteiger partial charge in [-0.3, -0.25) is 9.59 Å². The highest BCUT2D eigenvalue weighted by molar-refractivity contribution is 5.77. The third kappa shape index (κ3) is 45.9. The monoisotopic (exact) mass is 894 g/mol. The van der Waals surface area contributed by atoms with Gasteiger partial charge in [-0.2, -0.15) is 0 Å². The molecule has 0 rings (SSSR count). The lowest BCUT2D eigenvalue weighted by Crippen LogP contribution is -2.46. The van der Waals surface area contributed by atoms with Crippen molar-refractivity contribution in [2.45, 2.75) is 277 Å². The van der Waals surface area contributed by atoms with Crippen LogP contribution >= 0.6 is 0 Å². The molecule has 0 aromatic carbocycles. The number of allylic oxidation sites excluding steroid dienone is 12. The summed E-state index contributed by atoms with van der Waals surface area (Å²) in [5.74, 6) is -0.543. The lowest BCUT2D eigenvalue weighted by molar-refractivity contribution is -0.151. The van der Waals surface area contributed by atoms with Crippen LogP contribution in [0.4, 0.5) is 0 Å². The summed E-state index contributed by atoms with van der Waals surface area (Å²) < 4.78 is 5.91. The van der Waals surface area contributed by atoms with E-state index in [9.17, 15) is 19.8 Å². The summed E-state index contributed by atoms with van der Waals surface area (Å²) in [6.45, 7) is 6.33. The molecule has 0 aliphatic carbocycles. The lowest BCUT2D eigenvalue weighted by atomic mass is 10.0. The van der Waals surface area contributed by atoms with Crippen molar-refractivity contribution >= 4 is 11.9 Å². The molecule has 0 aliphatic heterocycles. The van der Waals surface area contributed by atoms with E-state index in [-0.39, 0.29) is 24.9 Å².